The number of alkyl halides is 3. The molecule has 0 aliphatic carbocycles. The standard InChI is InChI=1S/C12H8F3NO/c1-17-11-8-9(4-2-3-7-16)5-6-10(11)12(13,14)15/h5-6,8H,3H2,1H3. The molecule has 0 spiro atoms. The monoisotopic (exact) mass is 239 g/mol. The molecule has 1 aromatic rings. The second-order valence-corrected chi connectivity index (χ2v) is 3.05. The number of benzene rings is 1. The molecule has 0 atom stereocenters. The summed E-state index contributed by atoms with van der Waals surface area (Å²) in [5.74, 6) is 4.82. The van der Waals surface area contributed by atoms with Gasteiger partial charge in [-0.25, -0.2) is 0 Å². The summed E-state index contributed by atoms with van der Waals surface area (Å²) >= 11 is 0. The van der Waals surface area contributed by atoms with Gasteiger partial charge < -0.3 is 4.74 Å². The van der Waals surface area contributed by atoms with Crippen molar-refractivity contribution in [2.75, 3.05) is 7.11 Å². The fourth-order valence-corrected chi connectivity index (χ4v) is 1.19. The smallest absolute Gasteiger partial charge is 0.419 e. The first-order valence-corrected chi connectivity index (χ1v) is 4.60. The van der Waals surface area contributed by atoms with Gasteiger partial charge in [0.25, 0.3) is 0 Å². The maximum atomic E-state index is 12.5. The van der Waals surface area contributed by atoms with E-state index < -0.39 is 11.7 Å². The molecule has 0 amide bonds. The normalized spacial score (nSPS) is 10.1. The van der Waals surface area contributed by atoms with Crippen LogP contribution in [0, 0.1) is 23.2 Å². The Labute approximate surface area is 96.6 Å². The van der Waals surface area contributed by atoms with Gasteiger partial charge in [-0.15, -0.1) is 0 Å². The average molecular weight is 239 g/mol. The molecule has 0 saturated carbocycles. The van der Waals surface area contributed by atoms with Crippen LogP contribution >= 0.6 is 0 Å². The zero-order valence-electron chi connectivity index (χ0n) is 8.93. The van der Waals surface area contributed by atoms with E-state index in [1.54, 1.807) is 0 Å². The van der Waals surface area contributed by atoms with Crippen molar-refractivity contribution in [1.82, 2.24) is 0 Å². The summed E-state index contributed by atoms with van der Waals surface area (Å²) in [6, 6.07) is 5.18. The minimum absolute atomic E-state index is 0.0311. The Morgan fingerprint density at radius 2 is 2.06 bits per heavy atom. The number of nitrogens with zero attached hydrogens (tertiary/aromatic N) is 1. The molecule has 1 rings (SSSR count). The van der Waals surface area contributed by atoms with Gasteiger partial charge in [0.15, 0.2) is 0 Å². The lowest BCUT2D eigenvalue weighted by Gasteiger charge is -2.11. The second-order valence-electron chi connectivity index (χ2n) is 3.05. The van der Waals surface area contributed by atoms with Crippen LogP contribution in [0.25, 0.3) is 0 Å². The average Bonchev–Trinajstić information content (AvgIpc) is 2.28. The zero-order valence-corrected chi connectivity index (χ0v) is 8.93. The van der Waals surface area contributed by atoms with Crippen molar-refractivity contribution in [1.29, 1.82) is 5.26 Å². The van der Waals surface area contributed by atoms with E-state index in [-0.39, 0.29) is 12.2 Å². The van der Waals surface area contributed by atoms with Crippen LogP contribution in [0.15, 0.2) is 18.2 Å². The Balaban J connectivity index is 3.11. The molecule has 17 heavy (non-hydrogen) atoms. The van der Waals surface area contributed by atoms with Gasteiger partial charge in [-0.05, 0) is 18.2 Å². The van der Waals surface area contributed by atoms with Crippen molar-refractivity contribution in [3.63, 3.8) is 0 Å². The number of nitriles is 1. The molecule has 0 heterocycles. The number of ether oxygens (including phenoxy) is 1. The summed E-state index contributed by atoms with van der Waals surface area (Å²) in [6.45, 7) is 0. The number of halogens is 3. The van der Waals surface area contributed by atoms with E-state index >= 15 is 0 Å². The van der Waals surface area contributed by atoms with Crippen molar-refractivity contribution in [2.24, 2.45) is 0 Å². The van der Waals surface area contributed by atoms with E-state index in [0.29, 0.717) is 5.56 Å². The second kappa shape index (κ2) is 5.27. The quantitative estimate of drug-likeness (QED) is 0.706. The van der Waals surface area contributed by atoms with Crippen LogP contribution in [0.2, 0.25) is 0 Å². The van der Waals surface area contributed by atoms with Crippen LogP contribution in [-0.4, -0.2) is 7.11 Å². The third-order valence-electron chi connectivity index (χ3n) is 1.91. The Hall–Kier alpha value is -2.14. The van der Waals surface area contributed by atoms with E-state index in [4.69, 9.17) is 5.26 Å². The first kappa shape index (κ1) is 12.9. The van der Waals surface area contributed by atoms with Crippen LogP contribution in [0.4, 0.5) is 13.2 Å². The molecule has 88 valence electrons. The fourth-order valence-electron chi connectivity index (χ4n) is 1.19. The molecule has 0 aliphatic heterocycles. The largest absolute Gasteiger partial charge is 0.496 e. The van der Waals surface area contributed by atoms with Crippen LogP contribution in [0.5, 0.6) is 5.75 Å². The van der Waals surface area contributed by atoms with Gasteiger partial charge >= 0.3 is 6.18 Å². The molecule has 0 unspecified atom stereocenters. The molecule has 2 nitrogen and oxygen atoms in total. The maximum absolute atomic E-state index is 12.5. The predicted molar refractivity (Wildman–Crippen MR) is 55.1 cm³/mol. The van der Waals surface area contributed by atoms with Crippen molar-refractivity contribution >= 4 is 0 Å². The summed E-state index contributed by atoms with van der Waals surface area (Å²) in [5, 5.41) is 8.27. The predicted octanol–water partition coefficient (Wildman–Crippen LogP) is 2.98. The summed E-state index contributed by atoms with van der Waals surface area (Å²) in [7, 11) is 1.16. The third-order valence-corrected chi connectivity index (χ3v) is 1.91. The molecule has 0 N–H and O–H groups in total. The third kappa shape index (κ3) is 3.42. The number of rotatable bonds is 1. The SMILES string of the molecule is COc1cc(C#CCC#N)ccc1C(F)(F)F. The molecular weight excluding hydrogens is 231 g/mol. The lowest BCUT2D eigenvalue weighted by atomic mass is 10.1. The molecule has 0 radical (unpaired) electrons. The fraction of sp³-hybridized carbons (Fsp3) is 0.250. The van der Waals surface area contributed by atoms with Crippen molar-refractivity contribution in [3.8, 4) is 23.7 Å². The summed E-state index contributed by atoms with van der Waals surface area (Å²) < 4.78 is 42.2. The van der Waals surface area contributed by atoms with Crippen LogP contribution in [0.3, 0.4) is 0 Å². The van der Waals surface area contributed by atoms with Gasteiger partial charge in [0.05, 0.1) is 25.2 Å². The summed E-state index contributed by atoms with van der Waals surface area (Å²) in [5.41, 5.74) is -0.462. The minimum Gasteiger partial charge on any atom is -0.496 e. The van der Waals surface area contributed by atoms with E-state index in [2.05, 4.69) is 16.6 Å². The van der Waals surface area contributed by atoms with Crippen molar-refractivity contribution in [2.45, 2.75) is 12.6 Å². The highest BCUT2D eigenvalue weighted by molar-refractivity contribution is 5.45. The highest BCUT2D eigenvalue weighted by Crippen LogP contribution is 2.36. The van der Waals surface area contributed by atoms with Crippen LogP contribution < -0.4 is 4.74 Å². The molecular formula is C12H8F3NO. The lowest BCUT2D eigenvalue weighted by molar-refractivity contribution is -0.138. The Kier molecular flexibility index (Phi) is 4.01. The molecule has 0 bridgehead atoms. The molecule has 1 aromatic carbocycles. The molecule has 0 aliphatic rings. The van der Waals surface area contributed by atoms with Gasteiger partial charge in [-0.2, -0.15) is 18.4 Å². The topological polar surface area (TPSA) is 33.0 Å². The number of hydrogen-bond acceptors (Lipinski definition) is 2. The highest BCUT2D eigenvalue weighted by atomic mass is 19.4. The van der Waals surface area contributed by atoms with Gasteiger partial charge in [0, 0.05) is 5.56 Å². The molecule has 0 fully saturated rings. The number of hydrogen-bond donors (Lipinski definition) is 0. The first-order valence-electron chi connectivity index (χ1n) is 4.60. The zero-order chi connectivity index (χ0) is 12.9. The van der Waals surface area contributed by atoms with Crippen molar-refractivity contribution in [3.05, 3.63) is 29.3 Å². The van der Waals surface area contributed by atoms with Gasteiger partial charge in [0.1, 0.15) is 5.75 Å². The summed E-state index contributed by atoms with van der Waals surface area (Å²) in [6.07, 6.45) is -4.42. The summed E-state index contributed by atoms with van der Waals surface area (Å²) in [4.78, 5) is 0. The van der Waals surface area contributed by atoms with Crippen LogP contribution in [-0.2, 0) is 6.18 Å². The van der Waals surface area contributed by atoms with Crippen LogP contribution in [0.1, 0.15) is 17.5 Å². The van der Waals surface area contributed by atoms with E-state index in [1.165, 1.54) is 12.1 Å². The Bertz CT molecular complexity index is 503. The Morgan fingerprint density at radius 1 is 1.35 bits per heavy atom. The van der Waals surface area contributed by atoms with Gasteiger partial charge in [-0.3, -0.25) is 0 Å². The van der Waals surface area contributed by atoms with Gasteiger partial charge in [0.2, 0.25) is 0 Å². The molecule has 5 heteroatoms. The van der Waals surface area contributed by atoms with Crippen molar-refractivity contribution < 1.29 is 17.9 Å². The van der Waals surface area contributed by atoms with E-state index in [1.807, 2.05) is 6.07 Å². The lowest BCUT2D eigenvalue weighted by Crippen LogP contribution is -2.07. The molecule has 0 aromatic heterocycles. The minimum atomic E-state index is -4.45. The first-order chi connectivity index (χ1) is 7.99. The number of methoxy groups -OCH3 is 1. The van der Waals surface area contributed by atoms with E-state index in [0.717, 1.165) is 13.2 Å². The highest BCUT2D eigenvalue weighted by Gasteiger charge is 2.34. The molecule has 0 saturated heterocycles. The maximum Gasteiger partial charge on any atom is 0.419 e. The van der Waals surface area contributed by atoms with E-state index in [9.17, 15) is 13.2 Å². The van der Waals surface area contributed by atoms with Gasteiger partial charge in [-0.1, -0.05) is 11.8 Å². The Morgan fingerprint density at radius 3 is 2.59 bits per heavy atom.